The van der Waals surface area contributed by atoms with Crippen LogP contribution in [0.5, 0.6) is 0 Å². The van der Waals surface area contributed by atoms with Crippen LogP contribution in [0.2, 0.25) is 5.02 Å². The zero-order valence-electron chi connectivity index (χ0n) is 14.6. The molecule has 0 saturated carbocycles. The van der Waals surface area contributed by atoms with Crippen LogP contribution in [-0.4, -0.2) is 41.2 Å². The summed E-state index contributed by atoms with van der Waals surface area (Å²) >= 11 is 6.37. The number of likely N-dealkylation sites (tertiary alicyclic amines) is 1. The summed E-state index contributed by atoms with van der Waals surface area (Å²) in [6, 6.07) is 17.8. The van der Waals surface area contributed by atoms with E-state index in [0.717, 1.165) is 29.9 Å². The molecule has 4 rings (SSSR count). The summed E-state index contributed by atoms with van der Waals surface area (Å²) in [5, 5.41) is 7.05. The minimum atomic E-state index is -0.0717. The molecular formula is C21H22ClN3O. The highest BCUT2D eigenvalue weighted by Gasteiger charge is 2.34. The summed E-state index contributed by atoms with van der Waals surface area (Å²) in [4.78, 5) is 15.2. The van der Waals surface area contributed by atoms with Crippen molar-refractivity contribution in [2.45, 2.75) is 25.3 Å². The van der Waals surface area contributed by atoms with Gasteiger partial charge in [0, 0.05) is 17.0 Å². The summed E-state index contributed by atoms with van der Waals surface area (Å²) in [5.74, 6) is 0.0582. The number of nitrogens with zero attached hydrogens (tertiary/aromatic N) is 3. The molecule has 0 aliphatic carbocycles. The number of amides is 1. The first kappa shape index (κ1) is 17.3. The lowest BCUT2D eigenvalue weighted by Crippen LogP contribution is -2.36. The van der Waals surface area contributed by atoms with Gasteiger partial charge in [-0.05, 0) is 37.6 Å². The van der Waals surface area contributed by atoms with Gasteiger partial charge in [0.1, 0.15) is 0 Å². The molecule has 1 amide bonds. The van der Waals surface area contributed by atoms with Crippen molar-refractivity contribution < 1.29 is 4.79 Å². The van der Waals surface area contributed by atoms with Gasteiger partial charge in [-0.25, -0.2) is 5.01 Å². The monoisotopic (exact) mass is 367 g/mol. The fourth-order valence-corrected chi connectivity index (χ4v) is 3.98. The Hall–Kier alpha value is -2.17. The van der Waals surface area contributed by atoms with Gasteiger partial charge in [0.15, 0.2) is 0 Å². The van der Waals surface area contributed by atoms with Crippen molar-refractivity contribution in [3.05, 3.63) is 70.7 Å². The normalized spacial score (nSPS) is 20.4. The van der Waals surface area contributed by atoms with E-state index in [1.54, 1.807) is 5.01 Å². The van der Waals surface area contributed by atoms with Crippen molar-refractivity contribution in [3.63, 3.8) is 0 Å². The van der Waals surface area contributed by atoms with Gasteiger partial charge in [-0.2, -0.15) is 5.10 Å². The third-order valence-electron chi connectivity index (χ3n) is 5.09. The van der Waals surface area contributed by atoms with Crippen LogP contribution in [0.3, 0.4) is 0 Å². The zero-order chi connectivity index (χ0) is 17.9. The zero-order valence-corrected chi connectivity index (χ0v) is 15.4. The van der Waals surface area contributed by atoms with E-state index in [4.69, 9.17) is 16.7 Å². The minimum Gasteiger partial charge on any atom is -0.294 e. The fraction of sp³-hybridized carbons (Fsp3) is 0.333. The van der Waals surface area contributed by atoms with E-state index in [0.29, 0.717) is 18.0 Å². The van der Waals surface area contributed by atoms with Crippen molar-refractivity contribution in [1.82, 2.24) is 9.91 Å². The number of hydrogen-bond donors (Lipinski definition) is 0. The molecule has 2 aromatic carbocycles. The molecule has 134 valence electrons. The van der Waals surface area contributed by atoms with Crippen molar-refractivity contribution in [1.29, 1.82) is 0 Å². The summed E-state index contributed by atoms with van der Waals surface area (Å²) in [6.07, 6.45) is 3.02. The molecular weight excluding hydrogens is 346 g/mol. The maximum atomic E-state index is 13.0. The number of carbonyl (C=O) groups is 1. The maximum absolute atomic E-state index is 13.0. The Balaban J connectivity index is 1.63. The van der Waals surface area contributed by atoms with Gasteiger partial charge in [-0.15, -0.1) is 0 Å². The fourth-order valence-electron chi connectivity index (χ4n) is 3.74. The number of hydrazone groups is 1. The van der Waals surface area contributed by atoms with Crippen molar-refractivity contribution in [2.75, 3.05) is 19.6 Å². The lowest BCUT2D eigenvalue weighted by atomic mass is 9.98. The smallest absolute Gasteiger partial charge is 0.257 e. The molecule has 1 unspecified atom stereocenters. The van der Waals surface area contributed by atoms with Gasteiger partial charge in [-0.1, -0.05) is 60.1 Å². The van der Waals surface area contributed by atoms with Gasteiger partial charge in [-0.3, -0.25) is 9.69 Å². The average Bonchev–Trinajstić information content (AvgIpc) is 3.32. The molecule has 0 spiro atoms. The molecule has 2 heterocycles. The molecule has 0 bridgehead atoms. The molecule has 1 atom stereocenters. The van der Waals surface area contributed by atoms with Crippen LogP contribution < -0.4 is 0 Å². The van der Waals surface area contributed by atoms with Crippen LogP contribution in [0.25, 0.3) is 0 Å². The highest BCUT2D eigenvalue weighted by atomic mass is 35.5. The molecule has 0 aromatic heterocycles. The van der Waals surface area contributed by atoms with Crippen molar-refractivity contribution in [3.8, 4) is 0 Å². The Morgan fingerprint density at radius 2 is 1.73 bits per heavy atom. The molecule has 1 saturated heterocycles. The second-order valence-corrected chi connectivity index (χ2v) is 7.29. The van der Waals surface area contributed by atoms with E-state index in [1.807, 2.05) is 42.5 Å². The number of hydrogen-bond acceptors (Lipinski definition) is 3. The molecule has 0 radical (unpaired) electrons. The topological polar surface area (TPSA) is 35.9 Å². The van der Waals surface area contributed by atoms with Gasteiger partial charge in [0.05, 0.1) is 18.3 Å². The summed E-state index contributed by atoms with van der Waals surface area (Å²) in [5.41, 5.74) is 2.89. The number of halogens is 1. The lowest BCUT2D eigenvalue weighted by Gasteiger charge is -2.24. The molecule has 26 heavy (non-hydrogen) atoms. The first-order valence-electron chi connectivity index (χ1n) is 9.14. The Bertz CT molecular complexity index is 815. The van der Waals surface area contributed by atoms with Gasteiger partial charge in [0.25, 0.3) is 5.91 Å². The standard InChI is InChI=1S/C21H22ClN3O/c22-18-11-5-4-10-17(18)19-14-20(16-8-2-1-3-9-16)25(23-19)21(26)15-24-12-6-7-13-24/h1-5,8-11,20H,6-7,12-15H2. The highest BCUT2D eigenvalue weighted by Crippen LogP contribution is 2.34. The van der Waals surface area contributed by atoms with Crippen LogP contribution in [0, 0.1) is 0 Å². The molecule has 4 nitrogen and oxygen atoms in total. The third-order valence-corrected chi connectivity index (χ3v) is 5.42. The van der Waals surface area contributed by atoms with Gasteiger partial charge >= 0.3 is 0 Å². The quantitative estimate of drug-likeness (QED) is 0.815. The second-order valence-electron chi connectivity index (χ2n) is 6.88. The van der Waals surface area contributed by atoms with E-state index in [-0.39, 0.29) is 11.9 Å². The molecule has 2 aliphatic heterocycles. The van der Waals surface area contributed by atoms with E-state index in [9.17, 15) is 4.79 Å². The largest absolute Gasteiger partial charge is 0.294 e. The minimum absolute atomic E-state index is 0.0582. The van der Waals surface area contributed by atoms with E-state index in [2.05, 4.69) is 17.0 Å². The summed E-state index contributed by atoms with van der Waals surface area (Å²) in [6.45, 7) is 2.43. The lowest BCUT2D eigenvalue weighted by molar-refractivity contribution is -0.134. The Morgan fingerprint density at radius 1 is 1.04 bits per heavy atom. The van der Waals surface area contributed by atoms with E-state index >= 15 is 0 Å². The summed E-state index contributed by atoms with van der Waals surface area (Å²) < 4.78 is 0. The average molecular weight is 368 g/mol. The van der Waals surface area contributed by atoms with E-state index in [1.165, 1.54) is 12.8 Å². The van der Waals surface area contributed by atoms with Crippen molar-refractivity contribution >= 4 is 23.2 Å². The maximum Gasteiger partial charge on any atom is 0.257 e. The predicted octanol–water partition coefficient (Wildman–Crippen LogP) is 4.11. The van der Waals surface area contributed by atoms with Crippen LogP contribution in [0.15, 0.2) is 59.7 Å². The van der Waals surface area contributed by atoms with Gasteiger partial charge in [0.2, 0.25) is 0 Å². The third kappa shape index (κ3) is 3.53. The first-order chi connectivity index (χ1) is 12.7. The van der Waals surface area contributed by atoms with Gasteiger partial charge < -0.3 is 0 Å². The van der Waals surface area contributed by atoms with Crippen LogP contribution >= 0.6 is 11.6 Å². The Labute approximate surface area is 159 Å². The number of carbonyl (C=O) groups excluding carboxylic acids is 1. The Kier molecular flexibility index (Phi) is 5.05. The van der Waals surface area contributed by atoms with Crippen LogP contribution in [0.4, 0.5) is 0 Å². The highest BCUT2D eigenvalue weighted by molar-refractivity contribution is 6.34. The van der Waals surface area contributed by atoms with E-state index < -0.39 is 0 Å². The SMILES string of the molecule is O=C(CN1CCCC1)N1N=C(c2ccccc2Cl)CC1c1ccccc1. The van der Waals surface area contributed by atoms with Crippen LogP contribution in [0.1, 0.15) is 36.4 Å². The van der Waals surface area contributed by atoms with Crippen LogP contribution in [-0.2, 0) is 4.79 Å². The molecule has 5 heteroatoms. The molecule has 2 aromatic rings. The first-order valence-corrected chi connectivity index (χ1v) is 9.52. The number of benzene rings is 2. The summed E-state index contributed by atoms with van der Waals surface area (Å²) in [7, 11) is 0. The Morgan fingerprint density at radius 3 is 2.46 bits per heavy atom. The molecule has 2 aliphatic rings. The molecule has 0 N–H and O–H groups in total. The molecule has 1 fully saturated rings. The number of rotatable bonds is 4. The second kappa shape index (κ2) is 7.60. The predicted molar refractivity (Wildman–Crippen MR) is 104 cm³/mol. The van der Waals surface area contributed by atoms with Crippen molar-refractivity contribution in [2.24, 2.45) is 5.10 Å².